The van der Waals surface area contributed by atoms with E-state index in [4.69, 9.17) is 0 Å². The number of nitrogens with zero attached hydrogens (tertiary/aromatic N) is 3. The van der Waals surface area contributed by atoms with Crippen LogP contribution in [0.25, 0.3) is 21.5 Å². The van der Waals surface area contributed by atoms with E-state index in [1.54, 1.807) is 29.9 Å². The van der Waals surface area contributed by atoms with Crippen LogP contribution >= 0.6 is 23.1 Å². The lowest BCUT2D eigenvalue weighted by Gasteiger charge is -2.09. The van der Waals surface area contributed by atoms with Crippen molar-refractivity contribution in [3.8, 4) is 11.3 Å². The van der Waals surface area contributed by atoms with Gasteiger partial charge in [-0.25, -0.2) is 4.98 Å². The molecule has 0 bridgehead atoms. The van der Waals surface area contributed by atoms with Crippen LogP contribution in [0.5, 0.6) is 0 Å². The number of amides is 1. The summed E-state index contributed by atoms with van der Waals surface area (Å²) in [6.07, 6.45) is 5.23. The largest absolute Gasteiger partial charge is 0.351 e. The quantitative estimate of drug-likeness (QED) is 0.499. The van der Waals surface area contributed by atoms with Crippen molar-refractivity contribution in [3.05, 3.63) is 72.7 Å². The smallest absolute Gasteiger partial charge is 0.230 e. The van der Waals surface area contributed by atoms with Crippen molar-refractivity contribution in [2.75, 3.05) is 5.75 Å². The number of carbonyl (C=O) groups excluding carboxylic acids is 1. The fraction of sp³-hybridized carbons (Fsp3) is 0.100. The highest BCUT2D eigenvalue weighted by molar-refractivity contribution is 8.01. The molecule has 0 unspecified atom stereocenters. The van der Waals surface area contributed by atoms with Gasteiger partial charge >= 0.3 is 0 Å². The van der Waals surface area contributed by atoms with Crippen molar-refractivity contribution in [2.24, 2.45) is 0 Å². The third kappa shape index (κ3) is 4.32. The number of para-hydroxylation sites is 1. The van der Waals surface area contributed by atoms with E-state index in [2.05, 4.69) is 20.3 Å². The monoisotopic (exact) mass is 392 g/mol. The SMILES string of the molecule is O=C(CSc1nc2ccccc2s1)NCc1cccnc1-c1ccncc1. The van der Waals surface area contributed by atoms with E-state index in [9.17, 15) is 4.79 Å². The van der Waals surface area contributed by atoms with Crippen LogP contribution in [0.4, 0.5) is 0 Å². The van der Waals surface area contributed by atoms with E-state index in [0.717, 1.165) is 31.4 Å². The molecule has 4 aromatic rings. The average molecular weight is 393 g/mol. The van der Waals surface area contributed by atoms with Crippen LogP contribution in [-0.4, -0.2) is 26.6 Å². The second kappa shape index (κ2) is 8.28. The molecule has 0 spiro atoms. The summed E-state index contributed by atoms with van der Waals surface area (Å²) in [7, 11) is 0. The van der Waals surface area contributed by atoms with Crippen LogP contribution in [0.15, 0.2) is 71.5 Å². The zero-order chi connectivity index (χ0) is 18.5. The fourth-order valence-corrected chi connectivity index (χ4v) is 4.53. The Morgan fingerprint density at radius 3 is 2.74 bits per heavy atom. The van der Waals surface area contributed by atoms with Crippen LogP contribution in [0.3, 0.4) is 0 Å². The number of thiazole rings is 1. The van der Waals surface area contributed by atoms with Crippen LogP contribution in [0.1, 0.15) is 5.56 Å². The normalized spacial score (nSPS) is 10.8. The van der Waals surface area contributed by atoms with E-state index >= 15 is 0 Å². The maximum absolute atomic E-state index is 12.3. The highest BCUT2D eigenvalue weighted by Crippen LogP contribution is 2.29. The van der Waals surface area contributed by atoms with E-state index in [0.29, 0.717) is 12.3 Å². The number of thioether (sulfide) groups is 1. The minimum absolute atomic E-state index is 0.0243. The second-order valence-corrected chi connectivity index (χ2v) is 8.01. The summed E-state index contributed by atoms with van der Waals surface area (Å²) in [5, 5.41) is 2.97. The summed E-state index contributed by atoms with van der Waals surface area (Å²) in [5.41, 5.74) is 3.79. The van der Waals surface area contributed by atoms with Gasteiger partial charge in [-0.15, -0.1) is 11.3 Å². The summed E-state index contributed by atoms with van der Waals surface area (Å²) in [5.74, 6) is 0.314. The highest BCUT2D eigenvalue weighted by Gasteiger charge is 2.10. The van der Waals surface area contributed by atoms with Gasteiger partial charge in [-0.1, -0.05) is 30.0 Å². The Morgan fingerprint density at radius 1 is 1.04 bits per heavy atom. The number of nitrogens with one attached hydrogen (secondary N) is 1. The molecule has 4 rings (SSSR count). The molecule has 7 heteroatoms. The molecule has 0 aliphatic heterocycles. The maximum Gasteiger partial charge on any atom is 0.230 e. The summed E-state index contributed by atoms with van der Waals surface area (Å²) >= 11 is 3.07. The highest BCUT2D eigenvalue weighted by atomic mass is 32.2. The van der Waals surface area contributed by atoms with Gasteiger partial charge in [0.15, 0.2) is 4.34 Å². The first-order valence-electron chi connectivity index (χ1n) is 8.39. The summed E-state index contributed by atoms with van der Waals surface area (Å²) in [6.45, 7) is 0.435. The summed E-state index contributed by atoms with van der Waals surface area (Å²) in [6, 6.07) is 15.7. The van der Waals surface area contributed by atoms with E-state index in [1.165, 1.54) is 11.8 Å². The zero-order valence-electron chi connectivity index (χ0n) is 14.3. The number of hydrogen-bond acceptors (Lipinski definition) is 6. The Bertz CT molecular complexity index is 1030. The molecule has 1 N–H and O–H groups in total. The number of fused-ring (bicyclic) bond motifs is 1. The van der Waals surface area contributed by atoms with Crippen LogP contribution in [0.2, 0.25) is 0 Å². The molecule has 0 atom stereocenters. The van der Waals surface area contributed by atoms with Gasteiger partial charge in [0.05, 0.1) is 21.7 Å². The van der Waals surface area contributed by atoms with Crippen molar-refractivity contribution in [1.29, 1.82) is 0 Å². The molecule has 0 fully saturated rings. The molecule has 0 aliphatic carbocycles. The Balaban J connectivity index is 1.37. The number of hydrogen-bond donors (Lipinski definition) is 1. The van der Waals surface area contributed by atoms with Crippen LogP contribution in [-0.2, 0) is 11.3 Å². The number of benzene rings is 1. The molecule has 3 heterocycles. The third-order valence-corrected chi connectivity index (χ3v) is 6.10. The molecule has 0 saturated carbocycles. The zero-order valence-corrected chi connectivity index (χ0v) is 16.0. The van der Waals surface area contributed by atoms with Gasteiger partial charge in [-0.3, -0.25) is 14.8 Å². The second-order valence-electron chi connectivity index (χ2n) is 5.76. The predicted molar refractivity (Wildman–Crippen MR) is 110 cm³/mol. The van der Waals surface area contributed by atoms with Gasteiger partial charge in [0.2, 0.25) is 5.91 Å². The lowest BCUT2D eigenvalue weighted by atomic mass is 10.1. The van der Waals surface area contributed by atoms with Crippen molar-refractivity contribution in [2.45, 2.75) is 10.9 Å². The first-order valence-corrected chi connectivity index (χ1v) is 10.2. The number of pyridine rings is 2. The van der Waals surface area contributed by atoms with Gasteiger partial charge in [-0.2, -0.15) is 0 Å². The van der Waals surface area contributed by atoms with Gasteiger partial charge in [0.1, 0.15) is 0 Å². The van der Waals surface area contributed by atoms with Crippen molar-refractivity contribution in [1.82, 2.24) is 20.3 Å². The first-order chi connectivity index (χ1) is 13.3. The fourth-order valence-electron chi connectivity index (χ4n) is 2.64. The molecule has 1 aromatic carbocycles. The lowest BCUT2D eigenvalue weighted by molar-refractivity contribution is -0.118. The third-order valence-electron chi connectivity index (χ3n) is 3.92. The number of rotatable bonds is 6. The Kier molecular flexibility index (Phi) is 5.41. The minimum Gasteiger partial charge on any atom is -0.351 e. The minimum atomic E-state index is -0.0243. The van der Waals surface area contributed by atoms with Gasteiger partial charge in [0, 0.05) is 30.7 Å². The van der Waals surface area contributed by atoms with Gasteiger partial charge < -0.3 is 5.32 Å². The summed E-state index contributed by atoms with van der Waals surface area (Å²) in [4.78, 5) is 25.3. The average Bonchev–Trinajstić information content (AvgIpc) is 3.15. The van der Waals surface area contributed by atoms with Crippen molar-refractivity contribution >= 4 is 39.2 Å². The molecular weight excluding hydrogens is 376 g/mol. The maximum atomic E-state index is 12.3. The van der Waals surface area contributed by atoms with Gasteiger partial charge in [0.25, 0.3) is 0 Å². The van der Waals surface area contributed by atoms with Gasteiger partial charge in [-0.05, 0) is 35.9 Å². The van der Waals surface area contributed by atoms with E-state index in [1.807, 2.05) is 48.5 Å². The molecule has 1 amide bonds. The Morgan fingerprint density at radius 2 is 1.89 bits per heavy atom. The van der Waals surface area contributed by atoms with E-state index < -0.39 is 0 Å². The standard InChI is InChI=1S/C20H16N4OS2/c25-18(13-26-20-24-16-5-1-2-6-17(16)27-20)23-12-15-4-3-9-22-19(15)14-7-10-21-11-8-14/h1-11H,12-13H2,(H,23,25). The molecule has 0 aliphatic rings. The predicted octanol–water partition coefficient (Wildman–Crippen LogP) is 4.16. The molecule has 3 aromatic heterocycles. The molecule has 27 heavy (non-hydrogen) atoms. The molecule has 5 nitrogen and oxygen atoms in total. The topological polar surface area (TPSA) is 67.8 Å². The number of aromatic nitrogens is 3. The molecule has 0 radical (unpaired) electrons. The lowest BCUT2D eigenvalue weighted by Crippen LogP contribution is -2.25. The first kappa shape index (κ1) is 17.6. The molecule has 0 saturated heterocycles. The molecule has 134 valence electrons. The van der Waals surface area contributed by atoms with E-state index in [-0.39, 0.29) is 5.91 Å². The Labute approximate surface area is 164 Å². The summed E-state index contributed by atoms with van der Waals surface area (Å²) < 4.78 is 2.04. The van der Waals surface area contributed by atoms with Crippen molar-refractivity contribution in [3.63, 3.8) is 0 Å². The Hall–Kier alpha value is -2.77. The number of carbonyl (C=O) groups is 1. The van der Waals surface area contributed by atoms with Crippen molar-refractivity contribution < 1.29 is 4.79 Å². The van der Waals surface area contributed by atoms with Crippen LogP contribution in [0, 0.1) is 0 Å². The molecular formula is C20H16N4OS2. The van der Waals surface area contributed by atoms with Crippen LogP contribution < -0.4 is 5.32 Å².